The van der Waals surface area contributed by atoms with Crippen molar-refractivity contribution < 1.29 is 13.9 Å². The summed E-state index contributed by atoms with van der Waals surface area (Å²) >= 11 is 3.39. The molecule has 0 unspecified atom stereocenters. The van der Waals surface area contributed by atoms with Crippen LogP contribution in [-0.2, 0) is 11.3 Å². The van der Waals surface area contributed by atoms with Crippen LogP contribution < -0.4 is 5.32 Å². The molecule has 0 aliphatic rings. The van der Waals surface area contributed by atoms with Crippen LogP contribution in [0.25, 0.3) is 0 Å². The number of nitrogens with one attached hydrogen (secondary N) is 1. The third kappa shape index (κ3) is 3.61. The first-order valence-corrected chi connectivity index (χ1v) is 6.73. The van der Waals surface area contributed by atoms with Crippen molar-refractivity contribution in [1.82, 2.24) is 0 Å². The van der Waals surface area contributed by atoms with Crippen LogP contribution in [0.5, 0.6) is 0 Å². The highest BCUT2D eigenvalue weighted by Crippen LogP contribution is 2.19. The first kappa shape index (κ1) is 13.7. The zero-order chi connectivity index (χ0) is 13.7. The monoisotopic (exact) mass is 323 g/mol. The SMILES string of the molecule is CCOC(=O)c1ccc(NCc2occc2Br)cc1. The molecule has 19 heavy (non-hydrogen) atoms. The third-order valence-corrected chi connectivity index (χ3v) is 3.25. The Balaban J connectivity index is 1.95. The number of hydrogen-bond acceptors (Lipinski definition) is 4. The summed E-state index contributed by atoms with van der Waals surface area (Å²) in [5, 5.41) is 3.21. The molecule has 2 aromatic rings. The third-order valence-electron chi connectivity index (χ3n) is 2.54. The van der Waals surface area contributed by atoms with Gasteiger partial charge in [-0.05, 0) is 53.2 Å². The van der Waals surface area contributed by atoms with Crippen molar-refractivity contribution in [1.29, 1.82) is 0 Å². The predicted molar refractivity (Wildman–Crippen MR) is 76.1 cm³/mol. The largest absolute Gasteiger partial charge is 0.466 e. The van der Waals surface area contributed by atoms with Crippen LogP contribution in [0.15, 0.2) is 45.5 Å². The molecule has 1 aromatic carbocycles. The number of furan rings is 1. The second kappa shape index (κ2) is 6.43. The number of hydrogen-bond donors (Lipinski definition) is 1. The summed E-state index contributed by atoms with van der Waals surface area (Å²) in [7, 11) is 0. The Morgan fingerprint density at radius 3 is 2.63 bits per heavy atom. The Labute approximate surface area is 119 Å². The topological polar surface area (TPSA) is 51.5 Å². The minimum atomic E-state index is -0.303. The number of benzene rings is 1. The lowest BCUT2D eigenvalue weighted by Gasteiger charge is -2.06. The van der Waals surface area contributed by atoms with Gasteiger partial charge in [-0.25, -0.2) is 4.79 Å². The van der Waals surface area contributed by atoms with Crippen LogP contribution in [0.3, 0.4) is 0 Å². The molecule has 1 N–H and O–H groups in total. The molecule has 0 aliphatic heterocycles. The van der Waals surface area contributed by atoms with Crippen LogP contribution in [0.2, 0.25) is 0 Å². The van der Waals surface area contributed by atoms with E-state index in [0.717, 1.165) is 15.9 Å². The van der Waals surface area contributed by atoms with Crippen molar-refractivity contribution in [2.75, 3.05) is 11.9 Å². The van der Waals surface area contributed by atoms with E-state index < -0.39 is 0 Å². The van der Waals surface area contributed by atoms with Gasteiger partial charge >= 0.3 is 5.97 Å². The molecule has 0 saturated carbocycles. The molecule has 0 saturated heterocycles. The number of carbonyl (C=O) groups excluding carboxylic acids is 1. The Kier molecular flexibility index (Phi) is 4.63. The highest BCUT2D eigenvalue weighted by atomic mass is 79.9. The minimum Gasteiger partial charge on any atom is -0.466 e. The van der Waals surface area contributed by atoms with Gasteiger partial charge in [0.05, 0.1) is 29.5 Å². The normalized spacial score (nSPS) is 10.2. The fraction of sp³-hybridized carbons (Fsp3) is 0.214. The zero-order valence-corrected chi connectivity index (χ0v) is 12.1. The van der Waals surface area contributed by atoms with Gasteiger partial charge < -0.3 is 14.5 Å². The lowest BCUT2D eigenvalue weighted by atomic mass is 10.2. The summed E-state index contributed by atoms with van der Waals surface area (Å²) in [6.07, 6.45) is 1.63. The Morgan fingerprint density at radius 2 is 2.05 bits per heavy atom. The smallest absolute Gasteiger partial charge is 0.338 e. The maximum atomic E-state index is 11.5. The number of ether oxygens (including phenoxy) is 1. The summed E-state index contributed by atoms with van der Waals surface area (Å²) in [6.45, 7) is 2.74. The van der Waals surface area contributed by atoms with Gasteiger partial charge in [-0.2, -0.15) is 0 Å². The van der Waals surface area contributed by atoms with E-state index in [9.17, 15) is 4.79 Å². The van der Waals surface area contributed by atoms with Crippen molar-refractivity contribution in [3.63, 3.8) is 0 Å². The van der Waals surface area contributed by atoms with E-state index in [-0.39, 0.29) is 5.97 Å². The molecule has 5 heteroatoms. The standard InChI is InChI=1S/C14H14BrNO3/c1-2-18-14(17)10-3-5-11(6-4-10)16-9-13-12(15)7-8-19-13/h3-8,16H,2,9H2,1H3. The van der Waals surface area contributed by atoms with Gasteiger partial charge in [-0.3, -0.25) is 0 Å². The molecule has 0 amide bonds. The molecule has 0 atom stereocenters. The second-order valence-electron chi connectivity index (χ2n) is 3.84. The van der Waals surface area contributed by atoms with E-state index in [0.29, 0.717) is 18.7 Å². The molecule has 2 rings (SSSR count). The van der Waals surface area contributed by atoms with Crippen LogP contribution in [0, 0.1) is 0 Å². The Bertz CT molecular complexity index is 548. The maximum absolute atomic E-state index is 11.5. The molecule has 1 aromatic heterocycles. The van der Waals surface area contributed by atoms with Crippen LogP contribution in [0.4, 0.5) is 5.69 Å². The molecule has 0 aliphatic carbocycles. The molecule has 0 fully saturated rings. The first-order valence-electron chi connectivity index (χ1n) is 5.93. The number of carbonyl (C=O) groups is 1. The van der Waals surface area contributed by atoms with Gasteiger partial charge in [0, 0.05) is 5.69 Å². The summed E-state index contributed by atoms with van der Waals surface area (Å²) in [5.41, 5.74) is 1.46. The van der Waals surface area contributed by atoms with Gasteiger partial charge in [-0.1, -0.05) is 0 Å². The van der Waals surface area contributed by atoms with Gasteiger partial charge in [-0.15, -0.1) is 0 Å². The minimum absolute atomic E-state index is 0.303. The molecule has 0 bridgehead atoms. The van der Waals surface area contributed by atoms with Crippen molar-refractivity contribution in [3.05, 3.63) is 52.4 Å². The number of rotatable bonds is 5. The quantitative estimate of drug-likeness (QED) is 0.849. The molecule has 1 heterocycles. The van der Waals surface area contributed by atoms with E-state index in [1.807, 2.05) is 18.2 Å². The van der Waals surface area contributed by atoms with Gasteiger partial charge in [0.2, 0.25) is 0 Å². The average Bonchev–Trinajstić information content (AvgIpc) is 2.83. The second-order valence-corrected chi connectivity index (χ2v) is 4.70. The molecule has 4 nitrogen and oxygen atoms in total. The molecule has 100 valence electrons. The van der Waals surface area contributed by atoms with Crippen molar-refractivity contribution in [3.8, 4) is 0 Å². The van der Waals surface area contributed by atoms with E-state index in [4.69, 9.17) is 9.15 Å². The molecular formula is C14H14BrNO3. The predicted octanol–water partition coefficient (Wildman–Crippen LogP) is 3.83. The molecular weight excluding hydrogens is 310 g/mol. The lowest BCUT2D eigenvalue weighted by Crippen LogP contribution is -2.05. The highest BCUT2D eigenvalue weighted by Gasteiger charge is 2.06. The summed E-state index contributed by atoms with van der Waals surface area (Å²) in [4.78, 5) is 11.5. The van der Waals surface area contributed by atoms with Gasteiger partial charge in [0.25, 0.3) is 0 Å². The maximum Gasteiger partial charge on any atom is 0.338 e. The van der Waals surface area contributed by atoms with E-state index in [2.05, 4.69) is 21.2 Å². The van der Waals surface area contributed by atoms with Gasteiger partial charge in [0.1, 0.15) is 5.76 Å². The van der Waals surface area contributed by atoms with Crippen molar-refractivity contribution >= 4 is 27.6 Å². The molecule has 0 radical (unpaired) electrons. The fourth-order valence-corrected chi connectivity index (χ4v) is 1.91. The van der Waals surface area contributed by atoms with Crippen LogP contribution >= 0.6 is 15.9 Å². The average molecular weight is 324 g/mol. The van der Waals surface area contributed by atoms with E-state index in [1.54, 1.807) is 25.3 Å². The zero-order valence-electron chi connectivity index (χ0n) is 10.5. The summed E-state index contributed by atoms with van der Waals surface area (Å²) in [6, 6.07) is 8.99. The Hall–Kier alpha value is -1.75. The summed E-state index contributed by atoms with van der Waals surface area (Å²) < 4.78 is 11.2. The number of esters is 1. The van der Waals surface area contributed by atoms with Crippen LogP contribution in [-0.4, -0.2) is 12.6 Å². The van der Waals surface area contributed by atoms with Crippen molar-refractivity contribution in [2.45, 2.75) is 13.5 Å². The van der Waals surface area contributed by atoms with E-state index >= 15 is 0 Å². The van der Waals surface area contributed by atoms with E-state index in [1.165, 1.54) is 0 Å². The highest BCUT2D eigenvalue weighted by molar-refractivity contribution is 9.10. The van der Waals surface area contributed by atoms with Gasteiger partial charge in [0.15, 0.2) is 0 Å². The van der Waals surface area contributed by atoms with Crippen LogP contribution in [0.1, 0.15) is 23.0 Å². The first-order chi connectivity index (χ1) is 9.20. The Morgan fingerprint density at radius 1 is 1.32 bits per heavy atom. The molecule has 0 spiro atoms. The fourth-order valence-electron chi connectivity index (χ4n) is 1.57. The lowest BCUT2D eigenvalue weighted by molar-refractivity contribution is 0.0526. The van der Waals surface area contributed by atoms with Crippen molar-refractivity contribution in [2.24, 2.45) is 0 Å². The summed E-state index contributed by atoms with van der Waals surface area (Å²) in [5.74, 6) is 0.525. The number of anilines is 1. The number of halogens is 1.